The summed E-state index contributed by atoms with van der Waals surface area (Å²) in [5.74, 6) is 0. The van der Waals surface area contributed by atoms with Crippen molar-refractivity contribution in [3.63, 3.8) is 0 Å². The molecule has 0 aliphatic rings. The Morgan fingerprint density at radius 1 is 1.62 bits per heavy atom. The van der Waals surface area contributed by atoms with Crippen LogP contribution in [0.3, 0.4) is 0 Å². The molecule has 0 spiro atoms. The molecule has 0 bridgehead atoms. The Morgan fingerprint density at radius 2 is 2.25 bits per heavy atom. The topological polar surface area (TPSA) is 24.5 Å². The highest BCUT2D eigenvalue weighted by molar-refractivity contribution is 4.24. The summed E-state index contributed by atoms with van der Waals surface area (Å²) in [6.45, 7) is 3.39. The summed E-state index contributed by atoms with van der Waals surface area (Å²) in [6, 6.07) is 0. The fourth-order valence-electron chi connectivity index (χ4n) is 0.293. The molecule has 0 heterocycles. The van der Waals surface area contributed by atoms with Crippen molar-refractivity contribution in [3.05, 3.63) is 0 Å². The molecule has 1 N–H and O–H groups in total. The van der Waals surface area contributed by atoms with Gasteiger partial charge in [-0.3, -0.25) is 5.43 Å². The van der Waals surface area contributed by atoms with Gasteiger partial charge in [0.25, 0.3) is 0 Å². The number of hydrazine groups is 1. The number of rotatable bonds is 4. The first kappa shape index (κ1) is 7.88. The van der Waals surface area contributed by atoms with Gasteiger partial charge in [-0.05, 0) is 14.0 Å². The van der Waals surface area contributed by atoms with Gasteiger partial charge in [0.2, 0.25) is 0 Å². The van der Waals surface area contributed by atoms with E-state index in [1.807, 2.05) is 26.0 Å². The molecular formula is C5H14N2O. The molecule has 0 amide bonds. The third kappa shape index (κ3) is 4.05. The molecule has 0 saturated heterocycles. The lowest BCUT2D eigenvalue weighted by molar-refractivity contribution is 0.0278. The molecule has 0 saturated carbocycles. The average molecular weight is 118 g/mol. The van der Waals surface area contributed by atoms with E-state index in [-0.39, 0.29) is 0 Å². The molecule has 8 heavy (non-hydrogen) atoms. The third-order valence-corrected chi connectivity index (χ3v) is 0.871. The largest absolute Gasteiger partial charge is 0.365 e. The minimum atomic E-state index is 0.646. The Hall–Kier alpha value is -0.120. The van der Waals surface area contributed by atoms with Crippen molar-refractivity contribution in [3.8, 4) is 0 Å². The molecular weight excluding hydrogens is 104 g/mol. The summed E-state index contributed by atoms with van der Waals surface area (Å²) in [5.41, 5.74) is 2.91. The maximum Gasteiger partial charge on any atom is 0.111 e. The van der Waals surface area contributed by atoms with Crippen LogP contribution >= 0.6 is 0 Å². The van der Waals surface area contributed by atoms with Crippen LogP contribution in [-0.2, 0) is 4.74 Å². The molecule has 0 radical (unpaired) electrons. The summed E-state index contributed by atoms with van der Waals surface area (Å²) >= 11 is 0. The van der Waals surface area contributed by atoms with E-state index in [0.29, 0.717) is 6.73 Å². The van der Waals surface area contributed by atoms with E-state index < -0.39 is 0 Å². The fourth-order valence-corrected chi connectivity index (χ4v) is 0.293. The predicted molar refractivity (Wildman–Crippen MR) is 33.3 cm³/mol. The van der Waals surface area contributed by atoms with Gasteiger partial charge >= 0.3 is 0 Å². The highest BCUT2D eigenvalue weighted by Gasteiger charge is 1.87. The van der Waals surface area contributed by atoms with Crippen LogP contribution in [0.4, 0.5) is 0 Å². The lowest BCUT2D eigenvalue weighted by Gasteiger charge is -2.13. The van der Waals surface area contributed by atoms with Crippen molar-refractivity contribution in [2.45, 2.75) is 6.92 Å². The van der Waals surface area contributed by atoms with Crippen LogP contribution in [0.2, 0.25) is 0 Å². The Kier molecular flexibility index (Phi) is 4.95. The van der Waals surface area contributed by atoms with Crippen LogP contribution in [0.15, 0.2) is 0 Å². The van der Waals surface area contributed by atoms with Gasteiger partial charge in [0.1, 0.15) is 6.73 Å². The molecule has 0 fully saturated rings. The first-order valence-electron chi connectivity index (χ1n) is 2.77. The quantitative estimate of drug-likeness (QED) is 0.417. The first-order valence-corrected chi connectivity index (χ1v) is 2.77. The van der Waals surface area contributed by atoms with E-state index >= 15 is 0 Å². The van der Waals surface area contributed by atoms with E-state index in [4.69, 9.17) is 4.74 Å². The van der Waals surface area contributed by atoms with Crippen LogP contribution in [0.5, 0.6) is 0 Å². The molecule has 3 nitrogen and oxygen atoms in total. The zero-order chi connectivity index (χ0) is 6.41. The zero-order valence-corrected chi connectivity index (χ0v) is 5.77. The molecule has 3 heteroatoms. The van der Waals surface area contributed by atoms with Gasteiger partial charge in [0.15, 0.2) is 0 Å². The van der Waals surface area contributed by atoms with E-state index in [2.05, 4.69) is 5.43 Å². The normalized spacial score (nSPS) is 10.5. The first-order chi connectivity index (χ1) is 3.81. The zero-order valence-electron chi connectivity index (χ0n) is 5.77. The number of nitrogens with one attached hydrogen (secondary N) is 1. The van der Waals surface area contributed by atoms with E-state index in [9.17, 15) is 0 Å². The fraction of sp³-hybridized carbons (Fsp3) is 1.00. The summed E-state index contributed by atoms with van der Waals surface area (Å²) < 4.78 is 5.05. The molecule has 0 aromatic carbocycles. The van der Waals surface area contributed by atoms with Crippen molar-refractivity contribution in [2.24, 2.45) is 0 Å². The van der Waals surface area contributed by atoms with Gasteiger partial charge in [0, 0.05) is 13.7 Å². The van der Waals surface area contributed by atoms with Gasteiger partial charge in [-0.25, -0.2) is 5.01 Å². The van der Waals surface area contributed by atoms with Crippen molar-refractivity contribution >= 4 is 0 Å². The van der Waals surface area contributed by atoms with Gasteiger partial charge < -0.3 is 4.74 Å². The number of hydrogen-bond donors (Lipinski definition) is 1. The van der Waals surface area contributed by atoms with Gasteiger partial charge in [-0.15, -0.1) is 0 Å². The minimum absolute atomic E-state index is 0.646. The summed E-state index contributed by atoms with van der Waals surface area (Å²) in [7, 11) is 3.79. The molecule has 0 rings (SSSR count). The number of nitrogens with zero attached hydrogens (tertiary/aromatic N) is 1. The lowest BCUT2D eigenvalue weighted by atomic mass is 10.9. The maximum absolute atomic E-state index is 5.05. The molecule has 0 aliphatic heterocycles. The van der Waals surface area contributed by atoms with Crippen molar-refractivity contribution in [1.82, 2.24) is 10.4 Å². The Labute approximate surface area is 50.6 Å². The van der Waals surface area contributed by atoms with Gasteiger partial charge in [-0.2, -0.15) is 0 Å². The Morgan fingerprint density at radius 3 is 2.62 bits per heavy atom. The second-order valence-corrected chi connectivity index (χ2v) is 1.54. The van der Waals surface area contributed by atoms with Gasteiger partial charge in [0.05, 0.1) is 0 Å². The second-order valence-electron chi connectivity index (χ2n) is 1.54. The molecule has 0 aliphatic carbocycles. The van der Waals surface area contributed by atoms with E-state index in [1.165, 1.54) is 0 Å². The Balaban J connectivity index is 2.86. The second kappa shape index (κ2) is 5.03. The van der Waals surface area contributed by atoms with Crippen LogP contribution < -0.4 is 5.43 Å². The summed E-state index contributed by atoms with van der Waals surface area (Å²) in [6.07, 6.45) is 0. The minimum Gasteiger partial charge on any atom is -0.365 e. The number of hydrogen-bond acceptors (Lipinski definition) is 3. The van der Waals surface area contributed by atoms with Gasteiger partial charge in [-0.1, -0.05) is 0 Å². The van der Waals surface area contributed by atoms with Crippen molar-refractivity contribution in [2.75, 3.05) is 27.4 Å². The highest BCUT2D eigenvalue weighted by atomic mass is 16.5. The van der Waals surface area contributed by atoms with E-state index in [0.717, 1.165) is 6.61 Å². The monoisotopic (exact) mass is 118 g/mol. The molecule has 50 valence electrons. The van der Waals surface area contributed by atoms with Crippen LogP contribution in [0.1, 0.15) is 6.92 Å². The SMILES string of the molecule is CCOCN(C)NC. The van der Waals surface area contributed by atoms with E-state index in [1.54, 1.807) is 0 Å². The van der Waals surface area contributed by atoms with Crippen molar-refractivity contribution < 1.29 is 4.74 Å². The highest BCUT2D eigenvalue weighted by Crippen LogP contribution is 1.74. The third-order valence-electron chi connectivity index (χ3n) is 0.871. The van der Waals surface area contributed by atoms with Crippen LogP contribution in [0.25, 0.3) is 0 Å². The van der Waals surface area contributed by atoms with Crippen LogP contribution in [0, 0.1) is 0 Å². The predicted octanol–water partition coefficient (Wildman–Crippen LogP) is 0.0466. The molecule has 0 unspecified atom stereocenters. The van der Waals surface area contributed by atoms with Crippen LogP contribution in [-0.4, -0.2) is 32.4 Å². The molecule has 0 aromatic heterocycles. The standard InChI is InChI=1S/C5H14N2O/c1-4-8-5-7(3)6-2/h6H,4-5H2,1-3H3. The molecule has 0 atom stereocenters. The Bertz CT molecular complexity index is 49.7. The average Bonchev–Trinajstić information content (AvgIpc) is 1.83. The maximum atomic E-state index is 5.05. The molecule has 0 aromatic rings. The summed E-state index contributed by atoms with van der Waals surface area (Å²) in [4.78, 5) is 0. The summed E-state index contributed by atoms with van der Waals surface area (Å²) in [5, 5.41) is 1.86. The number of ether oxygens (including phenoxy) is 1. The lowest BCUT2D eigenvalue weighted by Crippen LogP contribution is -2.32. The van der Waals surface area contributed by atoms with Crippen molar-refractivity contribution in [1.29, 1.82) is 0 Å². The smallest absolute Gasteiger partial charge is 0.111 e.